The molecule has 1 atom stereocenters. The van der Waals surface area contributed by atoms with Crippen molar-refractivity contribution in [3.63, 3.8) is 0 Å². The minimum Gasteiger partial charge on any atom is -0.353 e. The zero-order valence-corrected chi connectivity index (χ0v) is 12.3. The molecule has 2 amide bonds. The highest BCUT2D eigenvalue weighted by Gasteiger charge is 2.29. The van der Waals surface area contributed by atoms with Crippen LogP contribution in [0.25, 0.3) is 0 Å². The van der Waals surface area contributed by atoms with Crippen molar-refractivity contribution in [2.24, 2.45) is 5.92 Å². The first-order valence-electron chi connectivity index (χ1n) is 7.82. The Bertz CT molecular complexity index is 511. The van der Waals surface area contributed by atoms with E-state index in [2.05, 4.69) is 5.32 Å². The van der Waals surface area contributed by atoms with E-state index in [9.17, 15) is 9.59 Å². The van der Waals surface area contributed by atoms with Crippen molar-refractivity contribution in [3.05, 3.63) is 35.9 Å². The van der Waals surface area contributed by atoms with E-state index in [-0.39, 0.29) is 11.8 Å². The molecular formula is C17H22N2O2. The van der Waals surface area contributed by atoms with E-state index in [1.807, 2.05) is 35.2 Å². The lowest BCUT2D eigenvalue weighted by molar-refractivity contribution is -0.130. The lowest BCUT2D eigenvalue weighted by Crippen LogP contribution is -2.31. The maximum Gasteiger partial charge on any atom is 0.226 e. The standard InChI is InChI=1S/C17H22N2O2/c20-16(18-15-6-7-15)10-14-8-9-19(12-14)17(21)11-13-4-2-1-3-5-13/h1-5,14-15H,6-12H2,(H,18,20). The highest BCUT2D eigenvalue weighted by molar-refractivity contribution is 5.80. The van der Waals surface area contributed by atoms with E-state index in [1.54, 1.807) is 0 Å². The van der Waals surface area contributed by atoms with Crippen molar-refractivity contribution in [1.29, 1.82) is 0 Å². The first-order valence-corrected chi connectivity index (χ1v) is 7.82. The molecule has 1 aliphatic heterocycles. The molecule has 1 saturated carbocycles. The molecule has 1 N–H and O–H groups in total. The molecule has 1 heterocycles. The second-order valence-electron chi connectivity index (χ2n) is 6.20. The third-order valence-corrected chi connectivity index (χ3v) is 4.25. The summed E-state index contributed by atoms with van der Waals surface area (Å²) in [5.41, 5.74) is 1.05. The van der Waals surface area contributed by atoms with Crippen LogP contribution >= 0.6 is 0 Å². The van der Waals surface area contributed by atoms with Gasteiger partial charge in [-0.05, 0) is 30.7 Å². The van der Waals surface area contributed by atoms with E-state index < -0.39 is 0 Å². The predicted molar refractivity (Wildman–Crippen MR) is 80.6 cm³/mol. The van der Waals surface area contributed by atoms with E-state index in [0.29, 0.717) is 24.8 Å². The Balaban J connectivity index is 1.45. The summed E-state index contributed by atoms with van der Waals surface area (Å²) in [5.74, 6) is 0.648. The number of rotatable bonds is 5. The third kappa shape index (κ3) is 4.06. The van der Waals surface area contributed by atoms with Gasteiger partial charge in [0, 0.05) is 25.6 Å². The molecule has 1 aliphatic carbocycles. The fourth-order valence-electron chi connectivity index (χ4n) is 2.88. The Morgan fingerprint density at radius 3 is 2.62 bits per heavy atom. The van der Waals surface area contributed by atoms with Crippen molar-refractivity contribution in [3.8, 4) is 0 Å². The number of likely N-dealkylation sites (tertiary alicyclic amines) is 1. The molecule has 1 aromatic rings. The molecule has 1 saturated heterocycles. The molecule has 2 aliphatic rings. The normalized spacial score (nSPS) is 21.3. The Labute approximate surface area is 125 Å². The summed E-state index contributed by atoms with van der Waals surface area (Å²) in [6, 6.07) is 10.3. The van der Waals surface area contributed by atoms with Gasteiger partial charge in [0.25, 0.3) is 0 Å². The SMILES string of the molecule is O=C(CC1CCN(C(=O)Cc2ccccc2)C1)NC1CC1. The average molecular weight is 286 g/mol. The van der Waals surface area contributed by atoms with Crippen LogP contribution in [-0.2, 0) is 16.0 Å². The number of hydrogen-bond donors (Lipinski definition) is 1. The van der Waals surface area contributed by atoms with E-state index in [0.717, 1.165) is 37.9 Å². The number of nitrogens with zero attached hydrogens (tertiary/aromatic N) is 1. The molecule has 2 fully saturated rings. The van der Waals surface area contributed by atoms with Crippen LogP contribution in [0.1, 0.15) is 31.2 Å². The summed E-state index contributed by atoms with van der Waals surface area (Å²) >= 11 is 0. The second-order valence-corrected chi connectivity index (χ2v) is 6.20. The Morgan fingerprint density at radius 1 is 1.14 bits per heavy atom. The quantitative estimate of drug-likeness (QED) is 0.896. The lowest BCUT2D eigenvalue weighted by atomic mass is 10.0. The van der Waals surface area contributed by atoms with E-state index in [1.165, 1.54) is 0 Å². The van der Waals surface area contributed by atoms with Gasteiger partial charge in [-0.3, -0.25) is 9.59 Å². The van der Waals surface area contributed by atoms with Gasteiger partial charge in [-0.25, -0.2) is 0 Å². The van der Waals surface area contributed by atoms with E-state index in [4.69, 9.17) is 0 Å². The van der Waals surface area contributed by atoms with Crippen LogP contribution in [0.4, 0.5) is 0 Å². The van der Waals surface area contributed by atoms with Gasteiger partial charge in [0.05, 0.1) is 6.42 Å². The molecule has 4 nitrogen and oxygen atoms in total. The number of benzene rings is 1. The van der Waals surface area contributed by atoms with Crippen molar-refractivity contribution >= 4 is 11.8 Å². The first kappa shape index (κ1) is 14.1. The monoisotopic (exact) mass is 286 g/mol. The number of carbonyl (C=O) groups is 2. The van der Waals surface area contributed by atoms with Crippen LogP contribution in [-0.4, -0.2) is 35.8 Å². The van der Waals surface area contributed by atoms with Crippen LogP contribution in [0.3, 0.4) is 0 Å². The number of hydrogen-bond acceptors (Lipinski definition) is 2. The molecule has 0 radical (unpaired) electrons. The summed E-state index contributed by atoms with van der Waals surface area (Å²) in [7, 11) is 0. The molecule has 0 aromatic heterocycles. The van der Waals surface area contributed by atoms with Crippen molar-refractivity contribution in [1.82, 2.24) is 10.2 Å². The predicted octanol–water partition coefficient (Wildman–Crippen LogP) is 1.75. The summed E-state index contributed by atoms with van der Waals surface area (Å²) in [6.07, 6.45) is 4.21. The highest BCUT2D eigenvalue weighted by Crippen LogP contribution is 2.23. The van der Waals surface area contributed by atoms with E-state index >= 15 is 0 Å². The fourth-order valence-corrected chi connectivity index (χ4v) is 2.88. The molecule has 1 unspecified atom stereocenters. The maximum atomic E-state index is 12.3. The molecule has 112 valence electrons. The average Bonchev–Trinajstić information content (AvgIpc) is 3.15. The number of carbonyl (C=O) groups excluding carboxylic acids is 2. The lowest BCUT2D eigenvalue weighted by Gasteiger charge is -2.16. The smallest absolute Gasteiger partial charge is 0.226 e. The van der Waals surface area contributed by atoms with Crippen LogP contribution in [0, 0.1) is 5.92 Å². The Hall–Kier alpha value is -1.84. The van der Waals surface area contributed by atoms with Crippen molar-refractivity contribution in [2.75, 3.05) is 13.1 Å². The maximum absolute atomic E-state index is 12.3. The summed E-state index contributed by atoms with van der Waals surface area (Å²) in [5, 5.41) is 3.02. The van der Waals surface area contributed by atoms with Crippen LogP contribution < -0.4 is 5.32 Å². The van der Waals surface area contributed by atoms with Crippen LogP contribution in [0.15, 0.2) is 30.3 Å². The summed E-state index contributed by atoms with van der Waals surface area (Å²) in [6.45, 7) is 1.51. The van der Waals surface area contributed by atoms with Crippen LogP contribution in [0.2, 0.25) is 0 Å². The first-order chi connectivity index (χ1) is 10.2. The minimum atomic E-state index is 0.153. The minimum absolute atomic E-state index is 0.153. The topological polar surface area (TPSA) is 49.4 Å². The van der Waals surface area contributed by atoms with Gasteiger partial charge in [-0.2, -0.15) is 0 Å². The van der Waals surface area contributed by atoms with Gasteiger partial charge in [-0.1, -0.05) is 30.3 Å². The highest BCUT2D eigenvalue weighted by atomic mass is 16.2. The zero-order chi connectivity index (χ0) is 14.7. The van der Waals surface area contributed by atoms with Gasteiger partial charge < -0.3 is 10.2 Å². The van der Waals surface area contributed by atoms with Gasteiger partial charge >= 0.3 is 0 Å². The molecule has 1 aromatic carbocycles. The molecule has 4 heteroatoms. The molecule has 3 rings (SSSR count). The van der Waals surface area contributed by atoms with Gasteiger partial charge in [0.15, 0.2) is 0 Å². The van der Waals surface area contributed by atoms with Crippen molar-refractivity contribution in [2.45, 2.75) is 38.1 Å². The zero-order valence-electron chi connectivity index (χ0n) is 12.3. The second kappa shape index (κ2) is 6.29. The van der Waals surface area contributed by atoms with Crippen molar-refractivity contribution < 1.29 is 9.59 Å². The Kier molecular flexibility index (Phi) is 4.23. The Morgan fingerprint density at radius 2 is 1.90 bits per heavy atom. The summed E-state index contributed by atoms with van der Waals surface area (Å²) < 4.78 is 0. The molecule has 0 bridgehead atoms. The number of nitrogens with one attached hydrogen (secondary N) is 1. The van der Waals surface area contributed by atoms with Gasteiger partial charge in [0.2, 0.25) is 11.8 Å². The third-order valence-electron chi connectivity index (χ3n) is 4.25. The largest absolute Gasteiger partial charge is 0.353 e. The molecular weight excluding hydrogens is 264 g/mol. The number of amides is 2. The fraction of sp³-hybridized carbons (Fsp3) is 0.529. The summed E-state index contributed by atoms with van der Waals surface area (Å²) in [4.78, 5) is 26.0. The van der Waals surface area contributed by atoms with Gasteiger partial charge in [0.1, 0.15) is 0 Å². The van der Waals surface area contributed by atoms with Crippen LogP contribution in [0.5, 0.6) is 0 Å². The van der Waals surface area contributed by atoms with Gasteiger partial charge in [-0.15, -0.1) is 0 Å². The molecule has 21 heavy (non-hydrogen) atoms. The molecule has 0 spiro atoms.